The Morgan fingerprint density at radius 2 is 2.16 bits per heavy atom. The first-order chi connectivity index (χ1) is 9.24. The number of rotatable bonds is 6. The minimum Gasteiger partial charge on any atom is -0.492 e. The maximum Gasteiger partial charge on any atom is 0.121 e. The Morgan fingerprint density at radius 3 is 2.89 bits per heavy atom. The highest BCUT2D eigenvalue weighted by Gasteiger charge is 2.14. The van der Waals surface area contributed by atoms with E-state index in [1.54, 1.807) is 0 Å². The number of aromatic nitrogens is 1. The van der Waals surface area contributed by atoms with E-state index in [1.807, 2.05) is 31.4 Å². The van der Waals surface area contributed by atoms with E-state index < -0.39 is 0 Å². The van der Waals surface area contributed by atoms with Crippen molar-refractivity contribution in [2.75, 3.05) is 13.7 Å². The predicted molar refractivity (Wildman–Crippen MR) is 79.5 cm³/mol. The van der Waals surface area contributed by atoms with E-state index in [0.29, 0.717) is 18.6 Å². The zero-order valence-corrected chi connectivity index (χ0v) is 11.9. The van der Waals surface area contributed by atoms with Gasteiger partial charge in [-0.2, -0.15) is 0 Å². The smallest absolute Gasteiger partial charge is 0.121 e. The molecule has 2 aromatic rings. The van der Waals surface area contributed by atoms with E-state index >= 15 is 0 Å². The Hall–Kier alpha value is -1.61. The number of benzene rings is 1. The molecule has 2 atom stereocenters. The van der Waals surface area contributed by atoms with Crippen LogP contribution in [0.5, 0.6) is 5.75 Å². The van der Waals surface area contributed by atoms with Crippen molar-refractivity contribution in [2.45, 2.75) is 26.3 Å². The summed E-state index contributed by atoms with van der Waals surface area (Å²) in [6.07, 6.45) is 2.95. The van der Waals surface area contributed by atoms with Crippen LogP contribution in [0.3, 0.4) is 0 Å². The summed E-state index contributed by atoms with van der Waals surface area (Å²) in [5.74, 6) is 1.48. The van der Waals surface area contributed by atoms with Crippen LogP contribution in [0, 0.1) is 5.92 Å². The van der Waals surface area contributed by atoms with Gasteiger partial charge in [-0.15, -0.1) is 0 Å². The van der Waals surface area contributed by atoms with Gasteiger partial charge in [0.05, 0.1) is 5.52 Å². The Bertz CT molecular complexity index is 527. The second kappa shape index (κ2) is 6.53. The number of likely N-dealkylation sites (N-methyl/N-ethyl adjacent to an activating group) is 1. The molecule has 2 unspecified atom stereocenters. The van der Waals surface area contributed by atoms with Crippen LogP contribution in [0.1, 0.15) is 20.3 Å². The standard InChI is InChI=1S/C16H22N2O/c1-4-12(2)16(17-3)11-19-14-8-7-13-6-5-9-18-15(13)10-14/h5-10,12,16-17H,4,11H2,1-3H3. The van der Waals surface area contributed by atoms with Crippen LogP contribution in [-0.4, -0.2) is 24.7 Å². The Labute approximate surface area is 115 Å². The molecule has 0 bridgehead atoms. The summed E-state index contributed by atoms with van der Waals surface area (Å²) in [5, 5.41) is 4.46. The summed E-state index contributed by atoms with van der Waals surface area (Å²) in [4.78, 5) is 4.34. The number of nitrogens with one attached hydrogen (secondary N) is 1. The van der Waals surface area contributed by atoms with Crippen molar-refractivity contribution < 1.29 is 4.74 Å². The molecule has 1 aromatic carbocycles. The monoisotopic (exact) mass is 258 g/mol. The third-order valence-corrected chi connectivity index (χ3v) is 3.71. The predicted octanol–water partition coefficient (Wildman–Crippen LogP) is 3.25. The summed E-state index contributed by atoms with van der Waals surface area (Å²) < 4.78 is 5.89. The molecule has 0 aliphatic rings. The molecule has 0 fully saturated rings. The lowest BCUT2D eigenvalue weighted by Crippen LogP contribution is -2.37. The number of hydrogen-bond donors (Lipinski definition) is 1. The second-order valence-electron chi connectivity index (χ2n) is 4.95. The largest absolute Gasteiger partial charge is 0.492 e. The third kappa shape index (κ3) is 3.44. The topological polar surface area (TPSA) is 34.1 Å². The minimum absolute atomic E-state index is 0.379. The molecule has 0 aliphatic heterocycles. The number of pyridine rings is 1. The van der Waals surface area contributed by atoms with Crippen molar-refractivity contribution in [3.05, 3.63) is 36.5 Å². The van der Waals surface area contributed by atoms with E-state index in [2.05, 4.69) is 36.3 Å². The van der Waals surface area contributed by atoms with Crippen LogP contribution >= 0.6 is 0 Å². The van der Waals surface area contributed by atoms with Crippen molar-refractivity contribution in [1.29, 1.82) is 0 Å². The fraction of sp³-hybridized carbons (Fsp3) is 0.438. The molecule has 0 spiro atoms. The van der Waals surface area contributed by atoms with Gasteiger partial charge in [-0.05, 0) is 31.2 Å². The second-order valence-corrected chi connectivity index (χ2v) is 4.95. The molecular formula is C16H22N2O. The van der Waals surface area contributed by atoms with E-state index in [1.165, 1.54) is 0 Å². The van der Waals surface area contributed by atoms with Crippen LogP contribution < -0.4 is 10.1 Å². The van der Waals surface area contributed by atoms with Crippen LogP contribution in [0.4, 0.5) is 0 Å². The van der Waals surface area contributed by atoms with Crippen LogP contribution in [0.15, 0.2) is 36.5 Å². The van der Waals surface area contributed by atoms with Crippen LogP contribution in [0.25, 0.3) is 10.9 Å². The molecule has 102 valence electrons. The molecular weight excluding hydrogens is 236 g/mol. The molecule has 3 nitrogen and oxygen atoms in total. The molecule has 2 rings (SSSR count). The summed E-state index contributed by atoms with van der Waals surface area (Å²) in [5.41, 5.74) is 0.976. The van der Waals surface area contributed by atoms with Crippen molar-refractivity contribution in [2.24, 2.45) is 5.92 Å². The maximum atomic E-state index is 5.89. The van der Waals surface area contributed by atoms with Gasteiger partial charge in [-0.25, -0.2) is 0 Å². The van der Waals surface area contributed by atoms with E-state index in [-0.39, 0.29) is 0 Å². The van der Waals surface area contributed by atoms with E-state index in [9.17, 15) is 0 Å². The van der Waals surface area contributed by atoms with E-state index in [4.69, 9.17) is 4.74 Å². The van der Waals surface area contributed by atoms with Gasteiger partial charge >= 0.3 is 0 Å². The highest BCUT2D eigenvalue weighted by molar-refractivity contribution is 5.79. The summed E-state index contributed by atoms with van der Waals surface area (Å²) in [6, 6.07) is 10.4. The van der Waals surface area contributed by atoms with Crippen molar-refractivity contribution in [3.8, 4) is 5.75 Å². The minimum atomic E-state index is 0.379. The molecule has 19 heavy (non-hydrogen) atoms. The molecule has 0 aliphatic carbocycles. The number of ether oxygens (including phenoxy) is 1. The number of nitrogens with zero attached hydrogens (tertiary/aromatic N) is 1. The van der Waals surface area contributed by atoms with Gasteiger partial charge in [0.15, 0.2) is 0 Å². The quantitative estimate of drug-likeness (QED) is 0.863. The molecule has 0 amide bonds. The average Bonchev–Trinajstić information content (AvgIpc) is 2.47. The SMILES string of the molecule is CCC(C)C(COc1ccc2cccnc2c1)NC. The van der Waals surface area contributed by atoms with E-state index in [0.717, 1.165) is 23.1 Å². The fourth-order valence-electron chi connectivity index (χ4n) is 2.14. The maximum absolute atomic E-state index is 5.89. The Morgan fingerprint density at radius 1 is 1.32 bits per heavy atom. The fourth-order valence-corrected chi connectivity index (χ4v) is 2.14. The van der Waals surface area contributed by atoms with Gasteiger partial charge in [0, 0.05) is 23.7 Å². The van der Waals surface area contributed by atoms with Crippen molar-refractivity contribution in [1.82, 2.24) is 10.3 Å². The molecule has 1 heterocycles. The van der Waals surface area contributed by atoms with Crippen LogP contribution in [-0.2, 0) is 0 Å². The van der Waals surface area contributed by atoms with Gasteiger partial charge in [-0.1, -0.05) is 26.3 Å². The number of fused-ring (bicyclic) bond motifs is 1. The highest BCUT2D eigenvalue weighted by atomic mass is 16.5. The summed E-state index contributed by atoms with van der Waals surface area (Å²) in [7, 11) is 1.99. The first-order valence-corrected chi connectivity index (χ1v) is 6.89. The first-order valence-electron chi connectivity index (χ1n) is 6.89. The van der Waals surface area contributed by atoms with Crippen LogP contribution in [0.2, 0.25) is 0 Å². The molecule has 0 saturated carbocycles. The molecule has 3 heteroatoms. The zero-order valence-electron chi connectivity index (χ0n) is 11.9. The summed E-state index contributed by atoms with van der Waals surface area (Å²) in [6.45, 7) is 5.13. The van der Waals surface area contributed by atoms with Gasteiger partial charge < -0.3 is 10.1 Å². The molecule has 1 aromatic heterocycles. The van der Waals surface area contributed by atoms with Crippen molar-refractivity contribution in [3.63, 3.8) is 0 Å². The first kappa shape index (κ1) is 13.8. The lowest BCUT2D eigenvalue weighted by molar-refractivity contribution is 0.228. The Balaban J connectivity index is 2.04. The summed E-state index contributed by atoms with van der Waals surface area (Å²) >= 11 is 0. The lowest BCUT2D eigenvalue weighted by atomic mass is 10.0. The number of hydrogen-bond acceptors (Lipinski definition) is 3. The third-order valence-electron chi connectivity index (χ3n) is 3.71. The molecule has 0 radical (unpaired) electrons. The van der Waals surface area contributed by atoms with Gasteiger partial charge in [0.25, 0.3) is 0 Å². The normalized spacial score (nSPS) is 14.3. The molecule has 0 saturated heterocycles. The zero-order chi connectivity index (χ0) is 13.7. The van der Waals surface area contributed by atoms with Gasteiger partial charge in [-0.3, -0.25) is 4.98 Å². The lowest BCUT2D eigenvalue weighted by Gasteiger charge is -2.22. The highest BCUT2D eigenvalue weighted by Crippen LogP contribution is 2.19. The molecule has 1 N–H and O–H groups in total. The van der Waals surface area contributed by atoms with Gasteiger partial charge in [0.1, 0.15) is 12.4 Å². The van der Waals surface area contributed by atoms with Gasteiger partial charge in [0.2, 0.25) is 0 Å². The average molecular weight is 258 g/mol. The van der Waals surface area contributed by atoms with Crippen molar-refractivity contribution >= 4 is 10.9 Å². The Kier molecular flexibility index (Phi) is 4.74.